The number of ketones is 2. The van der Waals surface area contributed by atoms with E-state index in [1.807, 2.05) is 20.8 Å². The third-order valence-corrected chi connectivity index (χ3v) is 11.4. The van der Waals surface area contributed by atoms with Gasteiger partial charge in [0.05, 0.1) is 11.5 Å². The molecule has 6 heteroatoms. The third kappa shape index (κ3) is 2.52. The van der Waals surface area contributed by atoms with Gasteiger partial charge in [0.2, 0.25) is 0 Å². The average Bonchev–Trinajstić information content (AvgIpc) is 3.51. The van der Waals surface area contributed by atoms with Gasteiger partial charge in [-0.1, -0.05) is 25.5 Å². The number of carbonyl (C=O) groups excluding carboxylic acids is 3. The molecule has 1 saturated heterocycles. The summed E-state index contributed by atoms with van der Waals surface area (Å²) in [6, 6.07) is 0. The van der Waals surface area contributed by atoms with Crippen LogP contribution in [0.1, 0.15) is 66.7 Å². The van der Waals surface area contributed by atoms with Crippen LogP contribution in [0.25, 0.3) is 0 Å². The van der Waals surface area contributed by atoms with Crippen molar-refractivity contribution < 1.29 is 29.0 Å². The molecule has 0 aromatic carbocycles. The van der Waals surface area contributed by atoms with Gasteiger partial charge in [-0.05, 0) is 75.7 Å². The van der Waals surface area contributed by atoms with E-state index in [1.165, 1.54) is 0 Å². The fourth-order valence-electron chi connectivity index (χ4n) is 9.04. The van der Waals surface area contributed by atoms with Crippen LogP contribution in [0.15, 0.2) is 23.3 Å². The summed E-state index contributed by atoms with van der Waals surface area (Å²) in [5, 5.41) is 11.7. The topological polar surface area (TPSA) is 93.2 Å². The minimum Gasteiger partial charge on any atom is -0.458 e. The Morgan fingerprint density at radius 1 is 1.09 bits per heavy atom. The second-order valence-electron chi connectivity index (χ2n) is 12.4. The predicted molar refractivity (Wildman–Crippen MR) is 123 cm³/mol. The number of ether oxygens (including phenoxy) is 2. The molecule has 2 heterocycles. The van der Waals surface area contributed by atoms with Crippen molar-refractivity contribution in [3.63, 3.8) is 0 Å². The molecular weight excluding hydrogens is 432 g/mol. The summed E-state index contributed by atoms with van der Waals surface area (Å²) in [7, 11) is 0. The number of rotatable bonds is 2. The van der Waals surface area contributed by atoms with Crippen molar-refractivity contribution in [3.05, 3.63) is 23.3 Å². The van der Waals surface area contributed by atoms with Gasteiger partial charge >= 0.3 is 5.97 Å². The fourth-order valence-corrected chi connectivity index (χ4v) is 9.04. The van der Waals surface area contributed by atoms with Crippen LogP contribution in [0.3, 0.4) is 0 Å². The normalized spacial score (nSPS) is 52.4. The number of cyclic esters (lactones) is 1. The van der Waals surface area contributed by atoms with Gasteiger partial charge < -0.3 is 14.6 Å². The molecule has 0 radical (unpaired) electrons. The first-order chi connectivity index (χ1) is 16.0. The second kappa shape index (κ2) is 6.91. The van der Waals surface area contributed by atoms with Gasteiger partial charge in [0.1, 0.15) is 23.6 Å². The predicted octanol–water partition coefficient (Wildman–Crippen LogP) is 3.56. The van der Waals surface area contributed by atoms with E-state index in [1.54, 1.807) is 12.2 Å². The lowest BCUT2D eigenvalue weighted by atomic mass is 9.43. The smallest absolute Gasteiger partial charge is 0.333 e. The zero-order valence-corrected chi connectivity index (χ0v) is 20.8. The molecule has 3 saturated carbocycles. The molecule has 0 aromatic heterocycles. The molecule has 0 aromatic rings. The van der Waals surface area contributed by atoms with E-state index in [0.29, 0.717) is 18.4 Å². The van der Waals surface area contributed by atoms with Crippen LogP contribution in [0.5, 0.6) is 0 Å². The molecule has 4 fully saturated rings. The number of esters is 1. The lowest BCUT2D eigenvalue weighted by Crippen LogP contribution is -2.68. The van der Waals surface area contributed by atoms with Crippen molar-refractivity contribution in [2.75, 3.05) is 0 Å². The van der Waals surface area contributed by atoms with E-state index in [9.17, 15) is 19.5 Å². The minimum absolute atomic E-state index is 0.0637. The number of hydrogen-bond donors (Lipinski definition) is 1. The zero-order chi connectivity index (χ0) is 24.4. The third-order valence-electron chi connectivity index (χ3n) is 11.4. The van der Waals surface area contributed by atoms with Crippen LogP contribution in [0.2, 0.25) is 0 Å². The van der Waals surface area contributed by atoms with E-state index in [0.717, 1.165) is 24.8 Å². The van der Waals surface area contributed by atoms with E-state index >= 15 is 0 Å². The maximum Gasteiger partial charge on any atom is 0.333 e. The molecular formula is C28H36O6. The molecule has 4 unspecified atom stereocenters. The Balaban J connectivity index is 1.34. The molecule has 6 rings (SSSR count). The molecule has 2 aliphatic heterocycles. The van der Waals surface area contributed by atoms with Crippen LogP contribution >= 0.6 is 0 Å². The zero-order valence-electron chi connectivity index (χ0n) is 20.8. The number of hydrogen-bond acceptors (Lipinski definition) is 6. The molecule has 6 nitrogen and oxygen atoms in total. The molecule has 11 atom stereocenters. The van der Waals surface area contributed by atoms with Crippen molar-refractivity contribution >= 4 is 17.5 Å². The Kier molecular flexibility index (Phi) is 4.60. The summed E-state index contributed by atoms with van der Waals surface area (Å²) in [6.07, 6.45) is 5.93. The summed E-state index contributed by atoms with van der Waals surface area (Å²) < 4.78 is 12.0. The van der Waals surface area contributed by atoms with Gasteiger partial charge in [0, 0.05) is 23.8 Å². The quantitative estimate of drug-likeness (QED) is 0.492. The maximum atomic E-state index is 14.0. The number of carbonyl (C=O) groups is 3. The van der Waals surface area contributed by atoms with Crippen LogP contribution < -0.4 is 0 Å². The summed E-state index contributed by atoms with van der Waals surface area (Å²) in [5.41, 5.74) is -1.00. The molecule has 0 amide bonds. The first-order valence-electron chi connectivity index (χ1n) is 13.0. The molecule has 0 spiro atoms. The van der Waals surface area contributed by atoms with Gasteiger partial charge in [-0.3, -0.25) is 9.59 Å². The minimum atomic E-state index is -1.23. The van der Waals surface area contributed by atoms with Crippen LogP contribution in [0.4, 0.5) is 0 Å². The highest BCUT2D eigenvalue weighted by Gasteiger charge is 2.78. The maximum absolute atomic E-state index is 14.0. The van der Waals surface area contributed by atoms with E-state index in [2.05, 4.69) is 13.8 Å². The molecule has 1 N–H and O–H groups in total. The van der Waals surface area contributed by atoms with Gasteiger partial charge in [0.25, 0.3) is 0 Å². The molecule has 34 heavy (non-hydrogen) atoms. The molecule has 184 valence electrons. The Morgan fingerprint density at radius 3 is 2.53 bits per heavy atom. The first-order valence-corrected chi connectivity index (χ1v) is 13.0. The van der Waals surface area contributed by atoms with Crippen LogP contribution in [-0.2, 0) is 23.9 Å². The Morgan fingerprint density at radius 2 is 1.82 bits per heavy atom. The van der Waals surface area contributed by atoms with Crippen molar-refractivity contribution in [3.8, 4) is 0 Å². The number of fused-ring (bicyclic) bond motifs is 8. The van der Waals surface area contributed by atoms with Crippen molar-refractivity contribution in [1.29, 1.82) is 0 Å². The van der Waals surface area contributed by atoms with Crippen molar-refractivity contribution in [2.45, 2.75) is 90.6 Å². The summed E-state index contributed by atoms with van der Waals surface area (Å²) in [6.45, 7) is 9.94. The van der Waals surface area contributed by atoms with Gasteiger partial charge in [-0.15, -0.1) is 0 Å². The monoisotopic (exact) mass is 468 g/mol. The highest BCUT2D eigenvalue weighted by molar-refractivity contribution is 5.98. The van der Waals surface area contributed by atoms with Crippen molar-refractivity contribution in [1.82, 2.24) is 0 Å². The number of aliphatic hydroxyl groups is 1. The Hall–Kier alpha value is -1.79. The number of Topliss-reactive ketones (excluding diaryl/α,β-unsaturated/α-hetero) is 1. The second-order valence-corrected chi connectivity index (χ2v) is 12.4. The molecule has 4 aliphatic carbocycles. The standard InChI is InChI=1S/C28H36O6/c1-13-11-19(33-25(31)14(13)2)15(3)16-8-9-17-22-18(12-21(30)26(16,17)4)27(5)20(29)7-6-10-28(27,32)24-23(22)34-24/h6-7,15-19,22-24,32H,8-12H2,1-5H3/t15-,16+,17?,18?,19?,22?,23-,24-,26+,27-,28-/m0/s1. The summed E-state index contributed by atoms with van der Waals surface area (Å²) >= 11 is 0. The highest BCUT2D eigenvalue weighted by atomic mass is 16.6. The lowest BCUT2D eigenvalue weighted by molar-refractivity contribution is -0.184. The Labute approximate surface area is 201 Å². The largest absolute Gasteiger partial charge is 0.458 e. The summed E-state index contributed by atoms with van der Waals surface area (Å²) in [4.78, 5) is 39.7. The summed E-state index contributed by atoms with van der Waals surface area (Å²) in [5.74, 6) is 0.0467. The van der Waals surface area contributed by atoms with E-state index in [4.69, 9.17) is 9.47 Å². The average molecular weight is 469 g/mol. The fraction of sp³-hybridized carbons (Fsp3) is 0.750. The van der Waals surface area contributed by atoms with Crippen LogP contribution in [-0.4, -0.2) is 46.6 Å². The number of epoxide rings is 1. The number of allylic oxidation sites excluding steroid dienone is 1. The first kappa shape index (κ1) is 22.7. The van der Waals surface area contributed by atoms with E-state index in [-0.39, 0.29) is 65.4 Å². The molecule has 6 aliphatic rings. The van der Waals surface area contributed by atoms with E-state index < -0.39 is 16.4 Å². The van der Waals surface area contributed by atoms with Crippen LogP contribution in [0, 0.1) is 40.4 Å². The van der Waals surface area contributed by atoms with Gasteiger partial charge in [0.15, 0.2) is 5.78 Å². The lowest BCUT2D eigenvalue weighted by Gasteiger charge is -2.59. The van der Waals surface area contributed by atoms with Gasteiger partial charge in [-0.25, -0.2) is 4.79 Å². The Bertz CT molecular complexity index is 1060. The highest BCUT2D eigenvalue weighted by Crippen LogP contribution is 2.71. The van der Waals surface area contributed by atoms with Crippen molar-refractivity contribution in [2.24, 2.45) is 40.4 Å². The molecule has 0 bridgehead atoms. The SMILES string of the molecule is CC1=C(C)C(=O)OC([C@@H](C)[C@H]2CCC3C4C(CC(=O)[C@@]32C)[C@@]2(C)C(=O)C=CC[C@]2(O)[C@H]2O[C@@H]42)C1. The van der Waals surface area contributed by atoms with Gasteiger partial charge in [-0.2, -0.15) is 0 Å².